The van der Waals surface area contributed by atoms with Crippen LogP contribution in [0.4, 0.5) is 0 Å². The zero-order chi connectivity index (χ0) is 38.2. The van der Waals surface area contributed by atoms with E-state index in [1.807, 2.05) is 100.0 Å². The van der Waals surface area contributed by atoms with Crippen molar-refractivity contribution in [3.05, 3.63) is 112 Å². The summed E-state index contributed by atoms with van der Waals surface area (Å²) in [7, 11) is 0. The normalized spacial score (nSPS) is 9.17. The predicted octanol–water partition coefficient (Wildman–Crippen LogP) is 13.6. The van der Waals surface area contributed by atoms with Crippen LogP contribution >= 0.6 is 0 Å². The van der Waals surface area contributed by atoms with Crippen LogP contribution in [-0.4, -0.2) is 25.1 Å². The van der Waals surface area contributed by atoms with E-state index in [2.05, 4.69) is 131 Å². The second-order valence-corrected chi connectivity index (χ2v) is 11.5. The highest BCUT2D eigenvalue weighted by Crippen LogP contribution is 2.14. The van der Waals surface area contributed by atoms with Crippen LogP contribution in [-0.2, 0) is 0 Å². The van der Waals surface area contributed by atoms with E-state index in [1.54, 1.807) is 0 Å². The van der Waals surface area contributed by atoms with Gasteiger partial charge in [-0.3, -0.25) is 4.98 Å². The van der Waals surface area contributed by atoms with Crippen molar-refractivity contribution < 1.29 is 0 Å². The molecule has 0 aliphatic carbocycles. The predicted molar refractivity (Wildman–Crippen MR) is 215 cm³/mol. The molecule has 0 aliphatic rings. The fraction of sp³-hybridized carbons (Fsp3) is 0.558. The van der Waals surface area contributed by atoms with Crippen LogP contribution in [0.25, 0.3) is 0 Å². The number of rotatable bonds is 4. The Hall–Kier alpha value is -3.47. The zero-order valence-corrected chi connectivity index (χ0v) is 34.9. The quantitative estimate of drug-likeness (QED) is 0.218. The summed E-state index contributed by atoms with van der Waals surface area (Å²) in [6.07, 6.45) is 5.61. The molecule has 3 heterocycles. The Bertz CT molecular complexity index is 996. The molecule has 0 atom stereocenters. The Labute approximate surface area is 298 Å². The standard InChI is InChI=1S/C10H14.C9H13N.2C8H12N2.4C2H6/c1-8(2)10-6-4-9(3)5-7-10;1-7(2)9-5-4-8(3)6-10-9;1-6(2)8-9-4-7(3)5-10-8;1-6(2)8-5-4-7(3)9-10-8;4*1-2/h4-8H,1-3H3;4-7H,1-3H3;2*4-6H,1-3H3;4*1-2H3. The van der Waals surface area contributed by atoms with Crippen LogP contribution in [0.1, 0.15) is 180 Å². The lowest BCUT2D eigenvalue weighted by atomic mass is 10.0. The Morgan fingerprint density at radius 1 is 0.375 bits per heavy atom. The molecule has 0 spiro atoms. The molecule has 0 saturated carbocycles. The van der Waals surface area contributed by atoms with Gasteiger partial charge in [-0.2, -0.15) is 10.2 Å². The van der Waals surface area contributed by atoms with Crippen molar-refractivity contribution in [2.45, 2.75) is 162 Å². The van der Waals surface area contributed by atoms with Crippen molar-refractivity contribution in [1.29, 1.82) is 0 Å². The van der Waals surface area contributed by atoms with Gasteiger partial charge >= 0.3 is 0 Å². The number of hydrogen-bond donors (Lipinski definition) is 0. The van der Waals surface area contributed by atoms with Gasteiger partial charge in [0, 0.05) is 30.2 Å². The van der Waals surface area contributed by atoms with E-state index < -0.39 is 0 Å². The first kappa shape index (κ1) is 51.4. The van der Waals surface area contributed by atoms with Crippen LogP contribution in [0, 0.1) is 27.7 Å². The second kappa shape index (κ2) is 33.4. The molecule has 0 aliphatic heterocycles. The van der Waals surface area contributed by atoms with Crippen molar-refractivity contribution in [2.24, 2.45) is 0 Å². The second-order valence-electron chi connectivity index (χ2n) is 11.5. The van der Waals surface area contributed by atoms with Crippen molar-refractivity contribution in [3.8, 4) is 0 Å². The number of nitrogens with zero attached hydrogens (tertiary/aromatic N) is 5. The summed E-state index contributed by atoms with van der Waals surface area (Å²) in [5, 5.41) is 7.98. The Balaban J connectivity index is -0.000000251. The van der Waals surface area contributed by atoms with E-state index in [4.69, 9.17) is 0 Å². The third kappa shape index (κ3) is 26.6. The van der Waals surface area contributed by atoms with Gasteiger partial charge in [0.25, 0.3) is 0 Å². The fourth-order valence-corrected chi connectivity index (χ4v) is 3.19. The van der Waals surface area contributed by atoms with Gasteiger partial charge in [-0.15, -0.1) is 0 Å². The van der Waals surface area contributed by atoms with Gasteiger partial charge in [0.1, 0.15) is 5.82 Å². The maximum Gasteiger partial charge on any atom is 0.130 e. The van der Waals surface area contributed by atoms with E-state index in [1.165, 1.54) is 22.4 Å². The molecule has 0 radical (unpaired) electrons. The minimum atomic E-state index is 0.431. The molecule has 272 valence electrons. The molecule has 3 aromatic heterocycles. The average Bonchev–Trinajstić information content (AvgIpc) is 3.10. The molecule has 0 fully saturated rings. The Morgan fingerprint density at radius 3 is 1.12 bits per heavy atom. The highest BCUT2D eigenvalue weighted by molar-refractivity contribution is 5.23. The molecule has 5 nitrogen and oxygen atoms in total. The smallest absolute Gasteiger partial charge is 0.130 e. The molecular formula is C43H75N5. The summed E-state index contributed by atoms with van der Waals surface area (Å²) in [4.78, 5) is 12.6. The van der Waals surface area contributed by atoms with Gasteiger partial charge in [0.15, 0.2) is 0 Å². The summed E-state index contributed by atoms with van der Waals surface area (Å²) in [6.45, 7) is 41.2. The first-order valence-electron chi connectivity index (χ1n) is 18.4. The minimum Gasteiger partial charge on any atom is -0.261 e. The molecule has 1 aromatic carbocycles. The fourth-order valence-electron chi connectivity index (χ4n) is 3.19. The highest BCUT2D eigenvalue weighted by Gasteiger charge is 2.00. The van der Waals surface area contributed by atoms with Gasteiger partial charge < -0.3 is 0 Å². The molecule has 0 saturated heterocycles. The molecule has 0 N–H and O–H groups in total. The molecule has 0 bridgehead atoms. The van der Waals surface area contributed by atoms with Gasteiger partial charge in [-0.25, -0.2) is 9.97 Å². The number of benzene rings is 1. The molecule has 4 rings (SSSR count). The molecule has 4 aromatic rings. The first-order chi connectivity index (χ1) is 22.8. The van der Waals surface area contributed by atoms with Crippen LogP contribution in [0.3, 0.4) is 0 Å². The van der Waals surface area contributed by atoms with E-state index in [9.17, 15) is 0 Å². The first-order valence-corrected chi connectivity index (χ1v) is 18.4. The SMILES string of the molecule is CC.CC.CC.CC.Cc1ccc(C(C)C)cc1.Cc1ccc(C(C)C)nc1.Cc1ccc(C(C)C)nn1.Cc1cnc(C(C)C)nc1. The third-order valence-electron chi connectivity index (χ3n) is 6.00. The lowest BCUT2D eigenvalue weighted by molar-refractivity contribution is 0.771. The maximum atomic E-state index is 4.28. The van der Waals surface area contributed by atoms with Crippen LogP contribution in [0.2, 0.25) is 0 Å². The Morgan fingerprint density at radius 2 is 0.792 bits per heavy atom. The Kier molecular flexibility index (Phi) is 35.8. The van der Waals surface area contributed by atoms with Gasteiger partial charge in [-0.1, -0.05) is 147 Å². The summed E-state index contributed by atoms with van der Waals surface area (Å²) < 4.78 is 0. The number of aromatic nitrogens is 5. The maximum absolute atomic E-state index is 4.28. The largest absolute Gasteiger partial charge is 0.261 e. The molecule has 5 heteroatoms. The van der Waals surface area contributed by atoms with Crippen LogP contribution in [0.5, 0.6) is 0 Å². The third-order valence-corrected chi connectivity index (χ3v) is 6.00. The van der Waals surface area contributed by atoms with Crippen molar-refractivity contribution in [1.82, 2.24) is 25.1 Å². The van der Waals surface area contributed by atoms with E-state index in [0.29, 0.717) is 23.7 Å². The van der Waals surface area contributed by atoms with Crippen molar-refractivity contribution >= 4 is 0 Å². The minimum absolute atomic E-state index is 0.431. The molecule has 48 heavy (non-hydrogen) atoms. The number of pyridine rings is 1. The summed E-state index contributed by atoms with van der Waals surface area (Å²) >= 11 is 0. The van der Waals surface area contributed by atoms with Gasteiger partial charge in [0.05, 0.1) is 11.4 Å². The van der Waals surface area contributed by atoms with E-state index in [-0.39, 0.29) is 0 Å². The highest BCUT2D eigenvalue weighted by atomic mass is 15.1. The van der Waals surface area contributed by atoms with Gasteiger partial charge in [-0.05, 0) is 80.3 Å². The molecule has 0 unspecified atom stereocenters. The number of aryl methyl sites for hydroxylation is 4. The summed E-state index contributed by atoms with van der Waals surface area (Å²) in [5.41, 5.74) is 8.31. The molecular weight excluding hydrogens is 587 g/mol. The van der Waals surface area contributed by atoms with Crippen molar-refractivity contribution in [3.63, 3.8) is 0 Å². The summed E-state index contributed by atoms with van der Waals surface area (Å²) in [5.74, 6) is 3.03. The average molecular weight is 662 g/mol. The lowest BCUT2D eigenvalue weighted by Gasteiger charge is -2.03. The van der Waals surface area contributed by atoms with Crippen LogP contribution in [0.15, 0.2) is 67.1 Å². The van der Waals surface area contributed by atoms with E-state index in [0.717, 1.165) is 22.8 Å². The lowest BCUT2D eigenvalue weighted by Crippen LogP contribution is -1.95. The molecule has 0 amide bonds. The zero-order valence-electron chi connectivity index (χ0n) is 34.9. The number of hydrogen-bond acceptors (Lipinski definition) is 5. The van der Waals surface area contributed by atoms with E-state index >= 15 is 0 Å². The summed E-state index contributed by atoms with van der Waals surface area (Å²) in [6, 6.07) is 16.9. The van der Waals surface area contributed by atoms with Crippen molar-refractivity contribution in [2.75, 3.05) is 0 Å². The van der Waals surface area contributed by atoms with Gasteiger partial charge in [0.2, 0.25) is 0 Å². The van der Waals surface area contributed by atoms with Crippen LogP contribution < -0.4 is 0 Å². The topological polar surface area (TPSA) is 64.5 Å². The monoisotopic (exact) mass is 662 g/mol.